The smallest absolute Gasteiger partial charge is 0.211 e. The lowest BCUT2D eigenvalue weighted by Gasteiger charge is -2.21. The van der Waals surface area contributed by atoms with Crippen LogP contribution >= 0.6 is 23.2 Å². The molecule has 0 aromatic heterocycles. The maximum Gasteiger partial charge on any atom is 0.235 e. The van der Waals surface area contributed by atoms with Crippen molar-refractivity contribution in [2.24, 2.45) is 4.99 Å². The van der Waals surface area contributed by atoms with Gasteiger partial charge in [-0.3, -0.25) is 0 Å². The number of allylic oxidation sites excluding steroid dienone is 3. The molecule has 0 heterocycles. The lowest BCUT2D eigenvalue weighted by Crippen LogP contribution is -2.23. The highest BCUT2D eigenvalue weighted by molar-refractivity contribution is 6.32. The van der Waals surface area contributed by atoms with Gasteiger partial charge in [-0.15, -0.1) is 11.6 Å². The van der Waals surface area contributed by atoms with Gasteiger partial charge in [0.15, 0.2) is 0 Å². The van der Waals surface area contributed by atoms with Gasteiger partial charge in [-0.25, -0.2) is 9.79 Å². The molecule has 0 amide bonds. The molecule has 0 aliphatic heterocycles. The van der Waals surface area contributed by atoms with Crippen molar-refractivity contribution in [3.63, 3.8) is 0 Å². The third-order valence-electron chi connectivity index (χ3n) is 1.58. The largest absolute Gasteiger partial charge is 0.235 e. The van der Waals surface area contributed by atoms with E-state index in [1.54, 1.807) is 18.2 Å². The fourth-order valence-electron chi connectivity index (χ4n) is 0.913. The molecule has 0 N–H and O–H groups in total. The van der Waals surface area contributed by atoms with E-state index in [4.69, 9.17) is 23.2 Å². The van der Waals surface area contributed by atoms with Crippen molar-refractivity contribution in [2.45, 2.75) is 11.3 Å². The zero-order valence-electron chi connectivity index (χ0n) is 6.26. The SMILES string of the molecule is O=C=NCC1(Cl)C=CC(Cl)=CC1. The van der Waals surface area contributed by atoms with E-state index in [0.29, 0.717) is 11.5 Å². The summed E-state index contributed by atoms with van der Waals surface area (Å²) in [6, 6.07) is 0. The molecule has 0 saturated carbocycles. The van der Waals surface area contributed by atoms with Crippen molar-refractivity contribution in [3.8, 4) is 0 Å². The molecule has 1 rings (SSSR count). The Bertz CT molecular complexity index is 279. The van der Waals surface area contributed by atoms with Crippen LogP contribution in [0.4, 0.5) is 0 Å². The van der Waals surface area contributed by atoms with Crippen molar-refractivity contribution < 1.29 is 4.79 Å². The molecule has 1 atom stereocenters. The first-order valence-corrected chi connectivity index (χ1v) is 4.19. The molecular weight excluding hydrogens is 197 g/mol. The first-order chi connectivity index (χ1) is 5.66. The second kappa shape index (κ2) is 3.90. The molecule has 0 fully saturated rings. The Balaban J connectivity index is 2.65. The van der Waals surface area contributed by atoms with Crippen LogP contribution in [0.2, 0.25) is 0 Å². The van der Waals surface area contributed by atoms with Crippen molar-refractivity contribution in [2.75, 3.05) is 6.54 Å². The van der Waals surface area contributed by atoms with E-state index in [0.717, 1.165) is 0 Å². The molecule has 4 heteroatoms. The van der Waals surface area contributed by atoms with Crippen molar-refractivity contribution >= 4 is 29.3 Å². The second-order valence-electron chi connectivity index (χ2n) is 2.57. The summed E-state index contributed by atoms with van der Waals surface area (Å²) in [5, 5.41) is 0.668. The van der Waals surface area contributed by atoms with Gasteiger partial charge in [0.1, 0.15) is 0 Å². The van der Waals surface area contributed by atoms with Gasteiger partial charge in [0.25, 0.3) is 0 Å². The van der Waals surface area contributed by atoms with Gasteiger partial charge in [0.2, 0.25) is 6.08 Å². The normalized spacial score (nSPS) is 27.7. The van der Waals surface area contributed by atoms with Crippen LogP contribution in [0, 0.1) is 0 Å². The number of nitrogens with zero attached hydrogens (tertiary/aromatic N) is 1. The molecule has 1 aliphatic carbocycles. The third kappa shape index (κ3) is 2.49. The Kier molecular flexibility index (Phi) is 3.10. The Hall–Kier alpha value is -0.560. The summed E-state index contributed by atoms with van der Waals surface area (Å²) < 4.78 is 0. The average molecular weight is 204 g/mol. The molecule has 0 aromatic rings. The van der Waals surface area contributed by atoms with Crippen LogP contribution in [-0.4, -0.2) is 17.5 Å². The average Bonchev–Trinajstić information content (AvgIpc) is 2.08. The Morgan fingerprint density at radius 3 is 3.00 bits per heavy atom. The summed E-state index contributed by atoms with van der Waals surface area (Å²) in [7, 11) is 0. The van der Waals surface area contributed by atoms with Gasteiger partial charge in [-0.2, -0.15) is 0 Å². The summed E-state index contributed by atoms with van der Waals surface area (Å²) in [6.07, 6.45) is 7.30. The van der Waals surface area contributed by atoms with Crippen LogP contribution in [-0.2, 0) is 4.79 Å². The highest BCUT2D eigenvalue weighted by Crippen LogP contribution is 2.29. The highest BCUT2D eigenvalue weighted by Gasteiger charge is 2.24. The van der Waals surface area contributed by atoms with Crippen LogP contribution in [0.1, 0.15) is 6.42 Å². The van der Waals surface area contributed by atoms with Gasteiger partial charge in [-0.1, -0.05) is 23.8 Å². The third-order valence-corrected chi connectivity index (χ3v) is 2.26. The predicted octanol–water partition coefficient (Wildman–Crippen LogP) is 2.38. The Morgan fingerprint density at radius 1 is 1.75 bits per heavy atom. The Labute approximate surface area is 80.6 Å². The van der Waals surface area contributed by atoms with Gasteiger partial charge in [0, 0.05) is 5.03 Å². The van der Waals surface area contributed by atoms with Crippen molar-refractivity contribution in [3.05, 3.63) is 23.3 Å². The number of rotatable bonds is 2. The van der Waals surface area contributed by atoms with Crippen molar-refractivity contribution in [1.82, 2.24) is 0 Å². The summed E-state index contributed by atoms with van der Waals surface area (Å²) in [5.41, 5.74) is 0. The van der Waals surface area contributed by atoms with E-state index in [1.165, 1.54) is 6.08 Å². The van der Waals surface area contributed by atoms with E-state index in [-0.39, 0.29) is 6.54 Å². The monoisotopic (exact) mass is 203 g/mol. The minimum Gasteiger partial charge on any atom is -0.211 e. The molecule has 2 nitrogen and oxygen atoms in total. The molecule has 0 spiro atoms. The molecule has 0 aromatic carbocycles. The van der Waals surface area contributed by atoms with Gasteiger partial charge >= 0.3 is 0 Å². The van der Waals surface area contributed by atoms with Crippen LogP contribution in [0.5, 0.6) is 0 Å². The van der Waals surface area contributed by atoms with Crippen LogP contribution in [0.15, 0.2) is 28.3 Å². The Morgan fingerprint density at radius 2 is 2.50 bits per heavy atom. The first-order valence-electron chi connectivity index (χ1n) is 3.44. The zero-order valence-corrected chi connectivity index (χ0v) is 7.77. The molecule has 0 saturated heterocycles. The number of aliphatic imine (C=N–C) groups is 1. The quantitative estimate of drug-likeness (QED) is 0.385. The zero-order chi connectivity index (χ0) is 9.03. The number of alkyl halides is 1. The summed E-state index contributed by atoms with van der Waals surface area (Å²) in [6.45, 7) is 0.245. The summed E-state index contributed by atoms with van der Waals surface area (Å²) in [4.78, 5) is 12.7. The molecule has 12 heavy (non-hydrogen) atoms. The topological polar surface area (TPSA) is 29.4 Å². The summed E-state index contributed by atoms with van der Waals surface area (Å²) in [5.74, 6) is 0. The molecule has 0 radical (unpaired) electrons. The minimum atomic E-state index is -0.587. The molecule has 1 aliphatic rings. The molecule has 1 unspecified atom stereocenters. The van der Waals surface area contributed by atoms with E-state index < -0.39 is 4.87 Å². The van der Waals surface area contributed by atoms with E-state index in [9.17, 15) is 4.79 Å². The van der Waals surface area contributed by atoms with Crippen LogP contribution in [0.3, 0.4) is 0 Å². The van der Waals surface area contributed by atoms with Crippen LogP contribution in [0.25, 0.3) is 0 Å². The fourth-order valence-corrected chi connectivity index (χ4v) is 1.25. The minimum absolute atomic E-state index is 0.245. The lowest BCUT2D eigenvalue weighted by atomic mass is 10.0. The second-order valence-corrected chi connectivity index (χ2v) is 3.76. The van der Waals surface area contributed by atoms with E-state index in [2.05, 4.69) is 4.99 Å². The lowest BCUT2D eigenvalue weighted by molar-refractivity contribution is 0.560. The van der Waals surface area contributed by atoms with Gasteiger partial charge in [-0.05, 0) is 12.5 Å². The predicted molar refractivity (Wildman–Crippen MR) is 49.3 cm³/mol. The van der Waals surface area contributed by atoms with Gasteiger partial charge in [0.05, 0.1) is 11.4 Å². The highest BCUT2D eigenvalue weighted by atomic mass is 35.5. The maximum absolute atomic E-state index is 9.84. The number of hydrogen-bond acceptors (Lipinski definition) is 2. The number of halogens is 2. The molecular formula is C8H7Cl2NO. The molecule has 0 bridgehead atoms. The fraction of sp³-hybridized carbons (Fsp3) is 0.375. The maximum atomic E-state index is 9.84. The number of isocyanates is 1. The van der Waals surface area contributed by atoms with Crippen LogP contribution < -0.4 is 0 Å². The van der Waals surface area contributed by atoms with Crippen molar-refractivity contribution in [1.29, 1.82) is 0 Å². The summed E-state index contributed by atoms with van der Waals surface area (Å²) >= 11 is 11.7. The van der Waals surface area contributed by atoms with E-state index >= 15 is 0 Å². The number of carbonyl (C=O) groups excluding carboxylic acids is 1. The van der Waals surface area contributed by atoms with Gasteiger partial charge < -0.3 is 0 Å². The number of hydrogen-bond donors (Lipinski definition) is 0. The first kappa shape index (κ1) is 9.53. The molecule has 64 valence electrons. The standard InChI is InChI=1S/C8H7Cl2NO/c9-7-1-3-8(10,4-2-7)5-11-6-12/h1-3H,4-5H2. The van der Waals surface area contributed by atoms with E-state index in [1.807, 2.05) is 0 Å².